The molecule has 2 fully saturated rings. The summed E-state index contributed by atoms with van der Waals surface area (Å²) in [6, 6.07) is 8.14. The number of halogens is 1. The molecule has 32 heavy (non-hydrogen) atoms. The minimum Gasteiger partial charge on any atom is -0.491 e. The van der Waals surface area contributed by atoms with Gasteiger partial charge in [0.05, 0.1) is 26.4 Å². The van der Waals surface area contributed by atoms with Gasteiger partial charge in [-0.05, 0) is 37.5 Å². The largest absolute Gasteiger partial charge is 0.491 e. The average molecular weight is 561 g/mol. The Bertz CT molecular complexity index is 660. The quantitative estimate of drug-likeness (QED) is 0.198. The maximum atomic E-state index is 5.64. The molecule has 1 heterocycles. The van der Waals surface area contributed by atoms with Crippen molar-refractivity contribution in [1.29, 1.82) is 0 Å². The van der Waals surface area contributed by atoms with Gasteiger partial charge in [0.15, 0.2) is 5.96 Å². The standard InChI is InChI=1S/C24H40N4O3.HI/c1-3-25-23(26-19-21-7-9-22(10-8-21)31-18-17-29-2)27-20-24(11-5-4-6-12-24)28-13-15-30-16-14-28;/h7-10H,3-6,11-20H2,1-2H3,(H2,25,26,27);1H. The number of aliphatic imine (C=N–C) groups is 1. The molecule has 0 aromatic heterocycles. The highest BCUT2D eigenvalue weighted by atomic mass is 127. The Labute approximate surface area is 210 Å². The van der Waals surface area contributed by atoms with Gasteiger partial charge in [0, 0.05) is 38.8 Å². The zero-order chi connectivity index (χ0) is 21.8. The normalized spacial score (nSPS) is 19.1. The van der Waals surface area contributed by atoms with E-state index in [-0.39, 0.29) is 29.5 Å². The van der Waals surface area contributed by atoms with Gasteiger partial charge in [-0.2, -0.15) is 0 Å². The van der Waals surface area contributed by atoms with E-state index >= 15 is 0 Å². The van der Waals surface area contributed by atoms with Crippen molar-refractivity contribution in [3.05, 3.63) is 29.8 Å². The second kappa shape index (κ2) is 14.9. The van der Waals surface area contributed by atoms with Crippen molar-refractivity contribution in [1.82, 2.24) is 15.5 Å². The first kappa shape index (κ1) is 27.1. The maximum absolute atomic E-state index is 5.64. The van der Waals surface area contributed by atoms with E-state index in [1.165, 1.54) is 32.1 Å². The van der Waals surface area contributed by atoms with Crippen LogP contribution in [-0.4, -0.2) is 76.1 Å². The van der Waals surface area contributed by atoms with Crippen LogP contribution in [0, 0.1) is 0 Å². The summed E-state index contributed by atoms with van der Waals surface area (Å²) in [5, 5.41) is 7.08. The number of nitrogens with one attached hydrogen (secondary N) is 2. The number of hydrogen-bond acceptors (Lipinski definition) is 5. The van der Waals surface area contributed by atoms with Gasteiger partial charge in [-0.1, -0.05) is 31.4 Å². The highest BCUT2D eigenvalue weighted by Gasteiger charge is 2.38. The first-order valence-corrected chi connectivity index (χ1v) is 11.8. The zero-order valence-electron chi connectivity index (χ0n) is 19.7. The molecular weight excluding hydrogens is 519 g/mol. The van der Waals surface area contributed by atoms with Crippen LogP contribution >= 0.6 is 24.0 Å². The summed E-state index contributed by atoms with van der Waals surface area (Å²) in [6.45, 7) is 9.46. The van der Waals surface area contributed by atoms with Crippen LogP contribution in [0.1, 0.15) is 44.6 Å². The Morgan fingerprint density at radius 1 is 1.06 bits per heavy atom. The molecule has 3 rings (SSSR count). The van der Waals surface area contributed by atoms with Gasteiger partial charge in [0.25, 0.3) is 0 Å². The van der Waals surface area contributed by atoms with Crippen molar-refractivity contribution >= 4 is 29.9 Å². The number of morpholine rings is 1. The van der Waals surface area contributed by atoms with Gasteiger partial charge in [0.1, 0.15) is 12.4 Å². The molecule has 0 atom stereocenters. The molecule has 0 amide bonds. The van der Waals surface area contributed by atoms with E-state index in [0.29, 0.717) is 19.8 Å². The molecule has 1 saturated carbocycles. The lowest BCUT2D eigenvalue weighted by Gasteiger charge is -2.48. The fourth-order valence-electron chi connectivity index (χ4n) is 4.55. The second-order valence-electron chi connectivity index (χ2n) is 8.42. The lowest BCUT2D eigenvalue weighted by Crippen LogP contribution is -2.60. The van der Waals surface area contributed by atoms with Gasteiger partial charge in [-0.3, -0.25) is 4.90 Å². The van der Waals surface area contributed by atoms with Crippen LogP contribution in [0.4, 0.5) is 0 Å². The Hall–Kier alpha value is -1.10. The summed E-state index contributed by atoms with van der Waals surface area (Å²) in [5.74, 6) is 1.75. The van der Waals surface area contributed by atoms with E-state index in [4.69, 9.17) is 19.2 Å². The number of hydrogen-bond donors (Lipinski definition) is 2. The van der Waals surface area contributed by atoms with Crippen molar-refractivity contribution in [2.75, 3.05) is 59.7 Å². The molecular formula is C24H41IN4O3. The van der Waals surface area contributed by atoms with Crippen LogP contribution in [0.25, 0.3) is 0 Å². The van der Waals surface area contributed by atoms with Crippen LogP contribution in [0.3, 0.4) is 0 Å². The molecule has 182 valence electrons. The van der Waals surface area contributed by atoms with E-state index in [9.17, 15) is 0 Å². The van der Waals surface area contributed by atoms with Crippen LogP contribution in [0.2, 0.25) is 0 Å². The molecule has 0 radical (unpaired) electrons. The molecule has 1 saturated heterocycles. The highest BCUT2D eigenvalue weighted by molar-refractivity contribution is 14.0. The summed E-state index contributed by atoms with van der Waals surface area (Å²) in [5.41, 5.74) is 1.39. The fraction of sp³-hybridized carbons (Fsp3) is 0.708. The van der Waals surface area contributed by atoms with E-state index in [1.54, 1.807) is 7.11 Å². The molecule has 1 aromatic carbocycles. The number of benzene rings is 1. The summed E-state index contributed by atoms with van der Waals surface area (Å²) < 4.78 is 16.3. The lowest BCUT2D eigenvalue weighted by atomic mass is 9.80. The summed E-state index contributed by atoms with van der Waals surface area (Å²) in [6.07, 6.45) is 6.48. The molecule has 0 bridgehead atoms. The Kier molecular flexibility index (Phi) is 12.7. The molecule has 1 aliphatic heterocycles. The predicted molar refractivity (Wildman–Crippen MR) is 140 cm³/mol. The van der Waals surface area contributed by atoms with E-state index in [1.807, 2.05) is 12.1 Å². The van der Waals surface area contributed by atoms with E-state index in [2.05, 4.69) is 34.6 Å². The predicted octanol–water partition coefficient (Wildman–Crippen LogP) is 3.42. The number of guanidine groups is 1. The van der Waals surface area contributed by atoms with Gasteiger partial charge in [0.2, 0.25) is 0 Å². The minimum absolute atomic E-state index is 0. The first-order chi connectivity index (χ1) is 15.3. The molecule has 8 heteroatoms. The maximum Gasteiger partial charge on any atom is 0.191 e. The molecule has 2 N–H and O–H groups in total. The topological polar surface area (TPSA) is 67.4 Å². The van der Waals surface area contributed by atoms with Crippen LogP contribution in [-0.2, 0) is 16.0 Å². The molecule has 1 aromatic rings. The average Bonchev–Trinajstić information content (AvgIpc) is 2.83. The van der Waals surface area contributed by atoms with Gasteiger partial charge >= 0.3 is 0 Å². The van der Waals surface area contributed by atoms with E-state index < -0.39 is 0 Å². The third kappa shape index (κ3) is 8.35. The van der Waals surface area contributed by atoms with Crippen LogP contribution in [0.5, 0.6) is 5.75 Å². The minimum atomic E-state index is 0. The van der Waals surface area contributed by atoms with Crippen molar-refractivity contribution in [3.63, 3.8) is 0 Å². The lowest BCUT2D eigenvalue weighted by molar-refractivity contribution is -0.0352. The summed E-state index contributed by atoms with van der Waals surface area (Å²) in [4.78, 5) is 7.50. The summed E-state index contributed by atoms with van der Waals surface area (Å²) >= 11 is 0. The SMILES string of the molecule is CCNC(=NCc1ccc(OCCOC)cc1)NCC1(N2CCOCC2)CCCCC1.I. The van der Waals surface area contributed by atoms with Crippen molar-refractivity contribution < 1.29 is 14.2 Å². The van der Waals surface area contributed by atoms with Crippen LogP contribution in [0.15, 0.2) is 29.3 Å². The number of ether oxygens (including phenoxy) is 3. The number of nitrogens with zero attached hydrogens (tertiary/aromatic N) is 2. The third-order valence-corrected chi connectivity index (χ3v) is 6.29. The molecule has 1 aliphatic carbocycles. The summed E-state index contributed by atoms with van der Waals surface area (Å²) in [7, 11) is 1.68. The van der Waals surface area contributed by atoms with Crippen molar-refractivity contribution in [3.8, 4) is 5.75 Å². The molecule has 2 aliphatic rings. The van der Waals surface area contributed by atoms with Crippen LogP contribution < -0.4 is 15.4 Å². The van der Waals surface area contributed by atoms with Crippen molar-refractivity contribution in [2.24, 2.45) is 4.99 Å². The highest BCUT2D eigenvalue weighted by Crippen LogP contribution is 2.33. The molecule has 0 spiro atoms. The van der Waals surface area contributed by atoms with Crippen molar-refractivity contribution in [2.45, 2.75) is 51.1 Å². The van der Waals surface area contributed by atoms with Gasteiger partial charge < -0.3 is 24.8 Å². The zero-order valence-corrected chi connectivity index (χ0v) is 22.1. The fourth-order valence-corrected chi connectivity index (χ4v) is 4.55. The monoisotopic (exact) mass is 560 g/mol. The Balaban J connectivity index is 0.00000363. The van der Waals surface area contributed by atoms with Gasteiger partial charge in [-0.25, -0.2) is 4.99 Å². The van der Waals surface area contributed by atoms with Gasteiger partial charge in [-0.15, -0.1) is 24.0 Å². The first-order valence-electron chi connectivity index (χ1n) is 11.8. The third-order valence-electron chi connectivity index (χ3n) is 6.29. The smallest absolute Gasteiger partial charge is 0.191 e. The number of methoxy groups -OCH3 is 1. The Morgan fingerprint density at radius 3 is 2.44 bits per heavy atom. The van der Waals surface area contributed by atoms with E-state index in [0.717, 1.165) is 56.7 Å². The molecule has 7 nitrogen and oxygen atoms in total. The Morgan fingerprint density at radius 2 is 1.78 bits per heavy atom. The molecule has 0 unspecified atom stereocenters. The number of rotatable bonds is 10. The second-order valence-corrected chi connectivity index (χ2v) is 8.42.